The Morgan fingerprint density at radius 2 is 2.10 bits per heavy atom. The molecule has 0 saturated heterocycles. The van der Waals surface area contributed by atoms with Crippen molar-refractivity contribution in [3.8, 4) is 0 Å². The summed E-state index contributed by atoms with van der Waals surface area (Å²) in [5.41, 5.74) is 7.45. The van der Waals surface area contributed by atoms with Gasteiger partial charge >= 0.3 is 0 Å². The molecule has 112 valence electrons. The first kappa shape index (κ1) is 15.2. The maximum Gasteiger partial charge on any atom is 0.244 e. The van der Waals surface area contributed by atoms with Crippen molar-refractivity contribution in [3.05, 3.63) is 47.8 Å². The molecular formula is C15H21N5O. The van der Waals surface area contributed by atoms with E-state index in [1.54, 1.807) is 11.1 Å². The van der Waals surface area contributed by atoms with E-state index in [0.29, 0.717) is 12.2 Å². The molecule has 1 amide bonds. The minimum Gasteiger partial charge on any atom is -0.344 e. The number of nitrogens with zero attached hydrogens (tertiary/aromatic N) is 4. The molecule has 0 unspecified atom stereocenters. The van der Waals surface area contributed by atoms with Gasteiger partial charge in [-0.15, -0.1) is 5.10 Å². The van der Waals surface area contributed by atoms with Crippen molar-refractivity contribution in [2.75, 3.05) is 13.6 Å². The summed E-state index contributed by atoms with van der Waals surface area (Å²) in [5.74, 6) is 0.0246. The largest absolute Gasteiger partial charge is 0.344 e. The van der Waals surface area contributed by atoms with Crippen LogP contribution in [0.4, 0.5) is 0 Å². The molecule has 0 bridgehead atoms. The van der Waals surface area contributed by atoms with Gasteiger partial charge in [0.25, 0.3) is 0 Å². The first-order chi connectivity index (χ1) is 10.2. The highest BCUT2D eigenvalue weighted by Gasteiger charge is 2.10. The number of nitrogens with two attached hydrogens (primary N) is 1. The molecular weight excluding hydrogens is 266 g/mol. The lowest BCUT2D eigenvalue weighted by Crippen LogP contribution is -2.31. The van der Waals surface area contributed by atoms with Crippen molar-refractivity contribution in [3.63, 3.8) is 0 Å². The van der Waals surface area contributed by atoms with Gasteiger partial charge in [0.05, 0.1) is 11.9 Å². The highest BCUT2D eigenvalue weighted by molar-refractivity contribution is 5.75. The molecule has 0 aliphatic rings. The number of aromatic nitrogens is 3. The summed E-state index contributed by atoms with van der Waals surface area (Å²) in [4.78, 5) is 13.8. The minimum atomic E-state index is 0.0246. The molecule has 0 spiro atoms. The van der Waals surface area contributed by atoms with E-state index in [1.165, 1.54) is 10.2 Å². The lowest BCUT2D eigenvalue weighted by molar-refractivity contribution is -0.130. The van der Waals surface area contributed by atoms with E-state index in [1.807, 2.05) is 25.2 Å². The number of hydrogen-bond donors (Lipinski definition) is 1. The monoisotopic (exact) mass is 287 g/mol. The highest BCUT2D eigenvalue weighted by Crippen LogP contribution is 2.03. The van der Waals surface area contributed by atoms with Gasteiger partial charge in [-0.1, -0.05) is 35.5 Å². The van der Waals surface area contributed by atoms with Crippen molar-refractivity contribution in [1.82, 2.24) is 19.9 Å². The number of aryl methyl sites for hydroxylation is 1. The van der Waals surface area contributed by atoms with Gasteiger partial charge in [0.2, 0.25) is 5.91 Å². The summed E-state index contributed by atoms with van der Waals surface area (Å²) in [7, 11) is 1.81. The number of benzene rings is 1. The first-order valence-electron chi connectivity index (χ1n) is 7.06. The van der Waals surface area contributed by atoms with Gasteiger partial charge in [0.1, 0.15) is 6.54 Å². The normalized spacial score (nSPS) is 10.6. The lowest BCUT2D eigenvalue weighted by atomic mass is 10.1. The molecule has 2 rings (SSSR count). The molecule has 2 aromatic rings. The topological polar surface area (TPSA) is 77.0 Å². The number of carbonyl (C=O) groups excluding carboxylic acids is 1. The van der Waals surface area contributed by atoms with E-state index >= 15 is 0 Å². The number of rotatable bonds is 7. The molecule has 6 heteroatoms. The van der Waals surface area contributed by atoms with E-state index < -0.39 is 0 Å². The first-order valence-corrected chi connectivity index (χ1v) is 7.06. The van der Waals surface area contributed by atoms with Crippen molar-refractivity contribution in [2.24, 2.45) is 5.73 Å². The average Bonchev–Trinajstić information content (AvgIpc) is 2.96. The predicted octanol–water partition coefficient (Wildman–Crippen LogP) is 0.828. The second-order valence-electron chi connectivity index (χ2n) is 5.02. The lowest BCUT2D eigenvalue weighted by Gasteiger charge is -2.16. The molecule has 1 heterocycles. The van der Waals surface area contributed by atoms with E-state index in [2.05, 4.69) is 22.4 Å². The summed E-state index contributed by atoms with van der Waals surface area (Å²) in [6.45, 7) is 1.27. The Labute approximate surface area is 124 Å². The molecule has 0 radical (unpaired) electrons. The van der Waals surface area contributed by atoms with Crippen molar-refractivity contribution in [1.29, 1.82) is 0 Å². The van der Waals surface area contributed by atoms with Crippen LogP contribution in [-0.4, -0.2) is 39.4 Å². The summed E-state index contributed by atoms with van der Waals surface area (Å²) in [6, 6.07) is 10.3. The Hall–Kier alpha value is -2.21. The van der Waals surface area contributed by atoms with Crippen molar-refractivity contribution >= 4 is 5.91 Å². The third kappa shape index (κ3) is 4.68. The zero-order chi connectivity index (χ0) is 15.1. The van der Waals surface area contributed by atoms with Crippen LogP contribution in [0.15, 0.2) is 36.5 Å². The van der Waals surface area contributed by atoms with Crippen LogP contribution in [0.1, 0.15) is 17.7 Å². The predicted molar refractivity (Wildman–Crippen MR) is 80.3 cm³/mol. The quantitative estimate of drug-likeness (QED) is 0.818. The minimum absolute atomic E-state index is 0.0246. The van der Waals surface area contributed by atoms with Crippen molar-refractivity contribution < 1.29 is 4.79 Å². The molecule has 0 fully saturated rings. The Balaban J connectivity index is 1.74. The highest BCUT2D eigenvalue weighted by atomic mass is 16.2. The van der Waals surface area contributed by atoms with Crippen LogP contribution in [-0.2, 0) is 24.3 Å². The van der Waals surface area contributed by atoms with Crippen LogP contribution < -0.4 is 5.73 Å². The summed E-state index contributed by atoms with van der Waals surface area (Å²) in [6.07, 6.45) is 3.62. The SMILES string of the molecule is CN(CCCc1ccccc1)C(=O)Cn1cc(CN)nn1. The molecule has 1 aromatic carbocycles. The van der Waals surface area contributed by atoms with Crippen LogP contribution in [0.25, 0.3) is 0 Å². The number of amides is 1. The molecule has 1 aromatic heterocycles. The summed E-state index contributed by atoms with van der Waals surface area (Å²) in [5, 5.41) is 7.74. The van der Waals surface area contributed by atoms with E-state index in [0.717, 1.165) is 19.4 Å². The Morgan fingerprint density at radius 1 is 1.33 bits per heavy atom. The van der Waals surface area contributed by atoms with E-state index in [-0.39, 0.29) is 12.5 Å². The van der Waals surface area contributed by atoms with E-state index in [9.17, 15) is 4.79 Å². The number of hydrogen-bond acceptors (Lipinski definition) is 4. The zero-order valence-electron chi connectivity index (χ0n) is 12.3. The van der Waals surface area contributed by atoms with Crippen LogP contribution in [0.5, 0.6) is 0 Å². The van der Waals surface area contributed by atoms with Crippen LogP contribution in [0, 0.1) is 0 Å². The molecule has 2 N–H and O–H groups in total. The Morgan fingerprint density at radius 3 is 2.76 bits per heavy atom. The molecule has 0 atom stereocenters. The fraction of sp³-hybridized carbons (Fsp3) is 0.400. The van der Waals surface area contributed by atoms with Crippen LogP contribution >= 0.6 is 0 Å². The van der Waals surface area contributed by atoms with Gasteiger partial charge in [-0.05, 0) is 18.4 Å². The smallest absolute Gasteiger partial charge is 0.244 e. The molecule has 0 aliphatic carbocycles. The van der Waals surface area contributed by atoms with Gasteiger partial charge in [0.15, 0.2) is 0 Å². The molecule has 0 aliphatic heterocycles. The molecule has 21 heavy (non-hydrogen) atoms. The third-order valence-corrected chi connectivity index (χ3v) is 3.32. The Bertz CT molecular complexity index is 566. The standard InChI is InChI=1S/C15H21N5O/c1-19(9-5-8-13-6-3-2-4-7-13)15(21)12-20-11-14(10-16)17-18-20/h2-4,6-7,11H,5,8-10,12,16H2,1H3. The zero-order valence-corrected chi connectivity index (χ0v) is 12.3. The fourth-order valence-electron chi connectivity index (χ4n) is 2.06. The average molecular weight is 287 g/mol. The number of likely N-dealkylation sites (N-methyl/N-ethyl adjacent to an activating group) is 1. The third-order valence-electron chi connectivity index (χ3n) is 3.32. The maximum absolute atomic E-state index is 12.1. The summed E-state index contributed by atoms with van der Waals surface area (Å²) >= 11 is 0. The summed E-state index contributed by atoms with van der Waals surface area (Å²) < 4.78 is 1.53. The number of carbonyl (C=O) groups is 1. The van der Waals surface area contributed by atoms with Gasteiger partial charge in [-0.2, -0.15) is 0 Å². The van der Waals surface area contributed by atoms with Gasteiger partial charge in [-0.25, -0.2) is 4.68 Å². The molecule has 6 nitrogen and oxygen atoms in total. The van der Waals surface area contributed by atoms with Crippen LogP contribution in [0.2, 0.25) is 0 Å². The van der Waals surface area contributed by atoms with E-state index in [4.69, 9.17) is 5.73 Å². The van der Waals surface area contributed by atoms with Gasteiger partial charge < -0.3 is 10.6 Å². The van der Waals surface area contributed by atoms with Gasteiger partial charge in [-0.3, -0.25) is 4.79 Å². The fourth-order valence-corrected chi connectivity index (χ4v) is 2.06. The maximum atomic E-state index is 12.1. The van der Waals surface area contributed by atoms with Gasteiger partial charge in [0, 0.05) is 20.1 Å². The second kappa shape index (κ2) is 7.54. The van der Waals surface area contributed by atoms with Crippen LogP contribution in [0.3, 0.4) is 0 Å². The molecule has 0 saturated carbocycles. The Kier molecular flexibility index (Phi) is 5.45. The second-order valence-corrected chi connectivity index (χ2v) is 5.02. The van der Waals surface area contributed by atoms with Crippen molar-refractivity contribution in [2.45, 2.75) is 25.9 Å².